The Morgan fingerprint density at radius 3 is 2.77 bits per heavy atom. The Morgan fingerprint density at radius 1 is 1.41 bits per heavy atom. The summed E-state index contributed by atoms with van der Waals surface area (Å²) >= 11 is 0. The molecule has 0 saturated carbocycles. The van der Waals surface area contributed by atoms with Gasteiger partial charge in [0.2, 0.25) is 0 Å². The maximum Gasteiger partial charge on any atom is 0.356 e. The van der Waals surface area contributed by atoms with Crippen LogP contribution >= 0.6 is 0 Å². The third kappa shape index (κ3) is 2.43. The molecule has 3 rings (SSSR count). The standard InChI is InChI=1S/C15H17N3O4/c1-22-15(21)10-4-7-18-11(8-10)12(14(19)20)17-13(18)9-2-5-16-6-3-9/h4,7-9,16H,2-3,5-6H2,1H3,(H,19,20). The van der Waals surface area contributed by atoms with E-state index in [1.165, 1.54) is 13.2 Å². The lowest BCUT2D eigenvalue weighted by Crippen LogP contribution is -2.27. The average Bonchev–Trinajstić information content (AvgIpc) is 2.94. The van der Waals surface area contributed by atoms with E-state index in [1.54, 1.807) is 16.7 Å². The summed E-state index contributed by atoms with van der Waals surface area (Å²) in [6.45, 7) is 1.78. The fourth-order valence-electron chi connectivity index (χ4n) is 2.88. The first-order valence-corrected chi connectivity index (χ1v) is 7.16. The molecule has 1 aliphatic heterocycles. The number of aromatic carboxylic acids is 1. The van der Waals surface area contributed by atoms with E-state index in [0.717, 1.165) is 31.8 Å². The summed E-state index contributed by atoms with van der Waals surface area (Å²) in [5.74, 6) is -0.640. The molecule has 0 amide bonds. The van der Waals surface area contributed by atoms with Gasteiger partial charge in [-0.3, -0.25) is 0 Å². The van der Waals surface area contributed by atoms with Crippen LogP contribution in [0.1, 0.15) is 45.4 Å². The van der Waals surface area contributed by atoms with Crippen LogP contribution in [0, 0.1) is 0 Å². The molecule has 2 aromatic rings. The van der Waals surface area contributed by atoms with Crippen molar-refractivity contribution >= 4 is 17.5 Å². The highest BCUT2D eigenvalue weighted by atomic mass is 16.5. The highest BCUT2D eigenvalue weighted by molar-refractivity contribution is 5.97. The highest BCUT2D eigenvalue weighted by Gasteiger charge is 2.25. The summed E-state index contributed by atoms with van der Waals surface area (Å²) in [6.07, 6.45) is 3.52. The number of pyridine rings is 1. The van der Waals surface area contributed by atoms with Crippen LogP contribution in [0.5, 0.6) is 0 Å². The number of fused-ring (bicyclic) bond motifs is 1. The second kappa shape index (κ2) is 5.76. The molecule has 22 heavy (non-hydrogen) atoms. The van der Waals surface area contributed by atoms with Crippen molar-refractivity contribution in [3.8, 4) is 0 Å². The number of rotatable bonds is 3. The minimum atomic E-state index is -1.10. The van der Waals surface area contributed by atoms with Crippen molar-refractivity contribution in [2.45, 2.75) is 18.8 Å². The number of aromatic nitrogens is 2. The zero-order valence-electron chi connectivity index (χ0n) is 12.2. The number of ether oxygens (including phenoxy) is 1. The summed E-state index contributed by atoms with van der Waals surface area (Å²) in [7, 11) is 1.29. The van der Waals surface area contributed by atoms with Gasteiger partial charge >= 0.3 is 11.9 Å². The first-order chi connectivity index (χ1) is 10.6. The monoisotopic (exact) mass is 303 g/mol. The predicted molar refractivity (Wildman–Crippen MR) is 78.3 cm³/mol. The number of carbonyl (C=O) groups excluding carboxylic acids is 1. The normalized spacial score (nSPS) is 15.9. The molecule has 2 aromatic heterocycles. The maximum absolute atomic E-state index is 11.6. The van der Waals surface area contributed by atoms with Gasteiger partial charge < -0.3 is 19.6 Å². The number of carbonyl (C=O) groups is 2. The van der Waals surface area contributed by atoms with Gasteiger partial charge in [0, 0.05) is 12.1 Å². The molecular weight excluding hydrogens is 286 g/mol. The lowest BCUT2D eigenvalue weighted by molar-refractivity contribution is 0.0599. The predicted octanol–water partition coefficient (Wildman–Crippen LogP) is 1.29. The number of carboxylic acid groups (broad SMARTS) is 1. The molecule has 0 aliphatic carbocycles. The zero-order valence-corrected chi connectivity index (χ0v) is 12.2. The Morgan fingerprint density at radius 2 is 2.14 bits per heavy atom. The van der Waals surface area contributed by atoms with Gasteiger partial charge in [-0.05, 0) is 38.1 Å². The molecule has 3 heterocycles. The van der Waals surface area contributed by atoms with Gasteiger partial charge in [0.15, 0.2) is 5.69 Å². The summed E-state index contributed by atoms with van der Waals surface area (Å²) in [4.78, 5) is 27.4. The van der Waals surface area contributed by atoms with Crippen LogP contribution in [0.2, 0.25) is 0 Å². The van der Waals surface area contributed by atoms with E-state index in [-0.39, 0.29) is 11.6 Å². The van der Waals surface area contributed by atoms with E-state index in [4.69, 9.17) is 0 Å². The van der Waals surface area contributed by atoms with E-state index < -0.39 is 11.9 Å². The average molecular weight is 303 g/mol. The second-order valence-corrected chi connectivity index (χ2v) is 5.31. The molecule has 7 nitrogen and oxygen atoms in total. The number of piperidine rings is 1. The number of nitrogens with one attached hydrogen (secondary N) is 1. The topological polar surface area (TPSA) is 92.9 Å². The summed E-state index contributed by atoms with van der Waals surface area (Å²) in [6, 6.07) is 3.14. The Kier molecular flexibility index (Phi) is 3.81. The molecule has 1 saturated heterocycles. The molecule has 7 heteroatoms. The van der Waals surface area contributed by atoms with Gasteiger partial charge in [-0.1, -0.05) is 0 Å². The fourth-order valence-corrected chi connectivity index (χ4v) is 2.88. The molecule has 0 unspecified atom stereocenters. The number of methoxy groups -OCH3 is 1. The van der Waals surface area contributed by atoms with E-state index in [9.17, 15) is 14.7 Å². The van der Waals surface area contributed by atoms with Crippen molar-refractivity contribution in [1.29, 1.82) is 0 Å². The minimum absolute atomic E-state index is 0.0284. The Bertz CT molecular complexity index is 732. The maximum atomic E-state index is 11.6. The third-order valence-electron chi connectivity index (χ3n) is 4.00. The molecule has 0 aromatic carbocycles. The Hall–Kier alpha value is -2.41. The molecule has 2 N–H and O–H groups in total. The van der Waals surface area contributed by atoms with Gasteiger partial charge in [0.25, 0.3) is 0 Å². The van der Waals surface area contributed by atoms with Gasteiger partial charge in [-0.15, -0.1) is 0 Å². The third-order valence-corrected chi connectivity index (χ3v) is 4.00. The number of hydrogen-bond acceptors (Lipinski definition) is 5. The molecule has 1 aliphatic rings. The van der Waals surface area contributed by atoms with E-state index in [2.05, 4.69) is 15.0 Å². The zero-order chi connectivity index (χ0) is 15.7. The molecule has 1 fully saturated rings. The van der Waals surface area contributed by atoms with Crippen molar-refractivity contribution < 1.29 is 19.4 Å². The van der Waals surface area contributed by atoms with E-state index in [1.807, 2.05) is 0 Å². The van der Waals surface area contributed by atoms with Crippen LogP contribution in [-0.4, -0.2) is 46.6 Å². The van der Waals surface area contributed by atoms with Crippen LogP contribution in [0.15, 0.2) is 18.3 Å². The molecule has 0 bridgehead atoms. The summed E-state index contributed by atoms with van der Waals surface area (Å²) < 4.78 is 6.45. The molecule has 0 radical (unpaired) electrons. The van der Waals surface area contributed by atoms with Gasteiger partial charge in [-0.2, -0.15) is 0 Å². The fraction of sp³-hybridized carbons (Fsp3) is 0.400. The Balaban J connectivity index is 2.14. The number of hydrogen-bond donors (Lipinski definition) is 2. The van der Waals surface area contributed by atoms with Gasteiger partial charge in [0.1, 0.15) is 5.82 Å². The first kappa shape index (κ1) is 14.5. The van der Waals surface area contributed by atoms with Crippen molar-refractivity contribution in [2.75, 3.05) is 20.2 Å². The number of nitrogens with zero attached hydrogens (tertiary/aromatic N) is 2. The Labute approximate surface area is 126 Å². The van der Waals surface area contributed by atoms with Crippen LogP contribution in [-0.2, 0) is 4.74 Å². The number of carboxylic acids is 1. The lowest BCUT2D eigenvalue weighted by Gasteiger charge is -2.21. The summed E-state index contributed by atoms with van der Waals surface area (Å²) in [5.41, 5.74) is 0.706. The van der Waals surface area contributed by atoms with Crippen molar-refractivity contribution in [3.05, 3.63) is 35.4 Å². The van der Waals surface area contributed by atoms with Crippen LogP contribution in [0.4, 0.5) is 0 Å². The molecular formula is C15H17N3O4. The minimum Gasteiger partial charge on any atom is -0.476 e. The van der Waals surface area contributed by atoms with Crippen LogP contribution in [0.3, 0.4) is 0 Å². The lowest BCUT2D eigenvalue weighted by atomic mass is 9.97. The van der Waals surface area contributed by atoms with E-state index in [0.29, 0.717) is 11.1 Å². The smallest absolute Gasteiger partial charge is 0.356 e. The van der Waals surface area contributed by atoms with Crippen molar-refractivity contribution in [2.24, 2.45) is 0 Å². The van der Waals surface area contributed by atoms with Crippen LogP contribution < -0.4 is 5.32 Å². The number of imidazole rings is 1. The second-order valence-electron chi connectivity index (χ2n) is 5.31. The van der Waals surface area contributed by atoms with Crippen molar-refractivity contribution in [1.82, 2.24) is 14.7 Å². The largest absolute Gasteiger partial charge is 0.476 e. The van der Waals surface area contributed by atoms with Gasteiger partial charge in [0.05, 0.1) is 18.2 Å². The van der Waals surface area contributed by atoms with Crippen LogP contribution in [0.25, 0.3) is 5.52 Å². The number of esters is 1. The van der Waals surface area contributed by atoms with E-state index >= 15 is 0 Å². The van der Waals surface area contributed by atoms with Crippen molar-refractivity contribution in [3.63, 3.8) is 0 Å². The SMILES string of the molecule is COC(=O)c1ccn2c(C3CCNCC3)nc(C(=O)O)c2c1. The quantitative estimate of drug-likeness (QED) is 0.830. The highest BCUT2D eigenvalue weighted by Crippen LogP contribution is 2.27. The molecule has 0 spiro atoms. The first-order valence-electron chi connectivity index (χ1n) is 7.16. The molecule has 116 valence electrons. The van der Waals surface area contributed by atoms with Gasteiger partial charge in [-0.25, -0.2) is 14.6 Å². The summed E-state index contributed by atoms with van der Waals surface area (Å²) in [5, 5.41) is 12.7. The molecule has 0 atom stereocenters.